The number of aromatic nitrogens is 6. The summed E-state index contributed by atoms with van der Waals surface area (Å²) in [6.45, 7) is 46.8. The van der Waals surface area contributed by atoms with Crippen LogP contribution in [0.3, 0.4) is 0 Å². The van der Waals surface area contributed by atoms with Gasteiger partial charge in [0.25, 0.3) is 5.56 Å². The Hall–Kier alpha value is -9.69. The van der Waals surface area contributed by atoms with Gasteiger partial charge in [0, 0.05) is 89.8 Å². The highest BCUT2D eigenvalue weighted by Crippen LogP contribution is 2.36. The van der Waals surface area contributed by atoms with Crippen LogP contribution in [-0.4, -0.2) is 60.5 Å². The van der Waals surface area contributed by atoms with Crippen LogP contribution in [0.5, 0.6) is 17.2 Å². The van der Waals surface area contributed by atoms with Crippen LogP contribution in [0.1, 0.15) is 107 Å². The number of aryl methyl sites for hydroxylation is 2. The predicted octanol–water partition coefficient (Wildman–Crippen LogP) is 19.8. The lowest BCUT2D eigenvalue weighted by Crippen LogP contribution is -2.13. The lowest BCUT2D eigenvalue weighted by molar-refractivity contribution is -0.193. The van der Waals surface area contributed by atoms with Crippen molar-refractivity contribution >= 4 is 120 Å². The van der Waals surface area contributed by atoms with Crippen LogP contribution >= 0.6 is 60.1 Å². The first-order valence-corrected chi connectivity index (χ1v) is 34.8. The lowest BCUT2D eigenvalue weighted by Gasteiger charge is -2.07. The Morgan fingerprint density at radius 1 is 0.558 bits per heavy atom. The van der Waals surface area contributed by atoms with Crippen LogP contribution in [-0.2, 0) is 48.0 Å². The van der Waals surface area contributed by atoms with E-state index in [2.05, 4.69) is 111 Å². The zero-order valence-electron chi connectivity index (χ0n) is 55.3. The summed E-state index contributed by atoms with van der Waals surface area (Å²) in [6.07, 6.45) is 10.9. The van der Waals surface area contributed by atoms with Crippen molar-refractivity contribution in [3.8, 4) is 39.8 Å². The monoisotopic (exact) mass is 1550 g/mol. The predicted molar refractivity (Wildman–Crippen MR) is 392 cm³/mol. The number of halogens is 4. The van der Waals surface area contributed by atoms with Crippen LogP contribution in [0.25, 0.3) is 47.9 Å². The third-order valence-electron chi connectivity index (χ3n) is 11.0. The molecular weight excluding hydrogens is 1470 g/mol. The van der Waals surface area contributed by atoms with Gasteiger partial charge < -0.3 is 39.3 Å². The van der Waals surface area contributed by atoms with Gasteiger partial charge in [0.2, 0.25) is 17.1 Å². The Kier molecular flexibility index (Phi) is 58.5. The lowest BCUT2D eigenvalue weighted by atomic mass is 10.1. The van der Waals surface area contributed by atoms with E-state index in [0.717, 1.165) is 85.0 Å². The SMILES string of the molecule is BrBr.CC.CC.CC.CC.CC.Nc1n[nH]c(=O)c2c1c(-c1ccc(Oc3ccccc3)cc1)cn2-c1ccccc1.O=C=O.O=C=O.O=C=O.O[B]Oc1ccccc1.[C-]#[N+]c1c(Br)c[nH]c1CC.[C-]#[N+]c1c(Br)cn(-c2ccccc2)c1CC.[C-]#[N+]c1cc[nH]c1CC. The second kappa shape index (κ2) is 60.5. The molecule has 5 aromatic carbocycles. The van der Waals surface area contributed by atoms with E-state index in [9.17, 15) is 4.79 Å². The molecule has 0 atom stereocenters. The number of hydrogen-bond acceptors (Lipinski definition) is 12. The van der Waals surface area contributed by atoms with Crippen LogP contribution in [0.4, 0.5) is 22.9 Å². The highest BCUT2D eigenvalue weighted by atomic mass is 80.9. The minimum atomic E-state index is -0.293. The maximum absolute atomic E-state index is 12.6. The van der Waals surface area contributed by atoms with Crippen molar-refractivity contribution in [3.05, 3.63) is 247 Å². The molecule has 0 aliphatic rings. The van der Waals surface area contributed by atoms with Crippen molar-refractivity contribution in [1.82, 2.24) is 29.3 Å². The van der Waals surface area contributed by atoms with Gasteiger partial charge >= 0.3 is 26.1 Å². The van der Waals surface area contributed by atoms with E-state index < -0.39 is 0 Å². The fraction of sp³-hybridized carbons (Fsp3) is 0.229. The summed E-state index contributed by atoms with van der Waals surface area (Å²) < 4.78 is 16.1. The first-order valence-electron chi connectivity index (χ1n) is 29.5. The number of nitrogens with one attached hydrogen (secondary N) is 3. The number of ether oxygens (including phenoxy) is 1. The third kappa shape index (κ3) is 33.1. The van der Waals surface area contributed by atoms with Gasteiger partial charge in [-0.3, -0.25) is 4.79 Å². The minimum Gasteiger partial charge on any atom is -0.537 e. The number of benzene rings is 5. The topological polar surface area (TPSA) is 267 Å². The molecule has 0 amide bonds. The zero-order valence-corrected chi connectivity index (χ0v) is 61.7. The van der Waals surface area contributed by atoms with E-state index in [1.165, 1.54) is 0 Å². The first kappa shape index (κ1) is 91.7. The molecule has 25 heteroatoms. The number of nitrogen functional groups attached to an aromatic ring is 1. The second-order valence-electron chi connectivity index (χ2n) is 15.8. The van der Waals surface area contributed by atoms with Crippen molar-refractivity contribution in [2.75, 3.05) is 5.73 Å². The van der Waals surface area contributed by atoms with Crippen molar-refractivity contribution in [2.45, 2.75) is 109 Å². The largest absolute Gasteiger partial charge is 0.569 e. The molecule has 20 nitrogen and oxygen atoms in total. The van der Waals surface area contributed by atoms with Gasteiger partial charge in [0.15, 0.2) is 5.82 Å². The van der Waals surface area contributed by atoms with Gasteiger partial charge in [-0.25, -0.2) is 19.6 Å². The number of hydrogen-bond donors (Lipinski definition) is 5. The normalized spacial score (nSPS) is 8.41. The molecule has 10 rings (SSSR count). The number of nitrogens with two attached hydrogens (primary N) is 1. The molecule has 0 bridgehead atoms. The van der Waals surface area contributed by atoms with Crippen LogP contribution in [0, 0.1) is 19.7 Å². The van der Waals surface area contributed by atoms with Gasteiger partial charge in [-0.05, 0) is 97.8 Å². The van der Waals surface area contributed by atoms with Crippen molar-refractivity contribution in [2.24, 2.45) is 0 Å². The molecule has 0 spiro atoms. The molecule has 0 aliphatic carbocycles. The Labute approximate surface area is 590 Å². The number of para-hydroxylation sites is 4. The first-order chi connectivity index (χ1) is 46.3. The number of fused-ring (bicyclic) bond motifs is 1. The van der Waals surface area contributed by atoms with E-state index in [4.69, 9.17) is 64.0 Å². The molecule has 0 fully saturated rings. The minimum absolute atomic E-state index is 0.250. The number of aromatic amines is 3. The van der Waals surface area contributed by atoms with Gasteiger partial charge in [-0.2, -0.15) is 33.9 Å². The summed E-state index contributed by atoms with van der Waals surface area (Å²) in [6, 6.07) is 47.9. The number of H-pyrrole nitrogens is 3. The number of carbonyl (C=O) groups excluding carboxylic acids is 6. The van der Waals surface area contributed by atoms with Crippen molar-refractivity contribution < 1.29 is 43.2 Å². The molecule has 0 saturated heterocycles. The molecule has 1 radical (unpaired) electrons. The van der Waals surface area contributed by atoms with Crippen molar-refractivity contribution in [1.29, 1.82) is 0 Å². The quantitative estimate of drug-likeness (QED) is 0.0632. The second-order valence-corrected chi connectivity index (χ2v) is 17.5. The summed E-state index contributed by atoms with van der Waals surface area (Å²) in [4.78, 5) is 77.6. The number of nitrogens with zero attached hydrogens (tertiary/aromatic N) is 6. The molecule has 6 N–H and O–H groups in total. The molecule has 10 aromatic rings. The van der Waals surface area contributed by atoms with Gasteiger partial charge in [0.05, 0.1) is 30.9 Å². The fourth-order valence-corrected chi connectivity index (χ4v) is 8.46. The molecule has 0 aliphatic heterocycles. The summed E-state index contributed by atoms with van der Waals surface area (Å²) in [5.41, 5.74) is 15.3. The van der Waals surface area contributed by atoms with Gasteiger partial charge in [-0.15, -0.1) is 0 Å². The third-order valence-corrected chi connectivity index (χ3v) is 12.2. The number of anilines is 1. The smallest absolute Gasteiger partial charge is 0.537 e. The molecule has 5 heterocycles. The molecule has 5 aromatic heterocycles. The standard InChI is InChI=1S/C24H18N4O2.C13H11BrN2.C7H7BrN2.C7H8N2.C6H6BO2.5C2H6.3CO2.Br2/c25-23-21-20(16-11-13-19(14-12-16)30-18-9-5-2-6-10-18)15-28(17-7-3-1-4-8-17)22(21)24(29)27-26-23;1-3-12-13(15-2)11(14)9-16(12)10-7-5-4-6-8-10;1-3-6-7(9-2)5(8)4-10-6;1-3-6-7(8-2)4-5-9-6;8-7-9-6-4-2-1-3-5-6;5*1-2;3*2-1-3;1-2/h1-15H,(H2,25,26)(H,27,29);4-9H,3H2,1H3;4,10H,3H2,1H3;4-5,9H,3H2,1H3;1-5,8H;5*1-2H3;;;;. The molecule has 95 heavy (non-hydrogen) atoms. The Bertz CT molecular complexity index is 3860. The summed E-state index contributed by atoms with van der Waals surface area (Å²) >= 11 is 12.2. The summed E-state index contributed by atoms with van der Waals surface area (Å²) in [5.74, 6) is 2.41. The highest BCUT2D eigenvalue weighted by Gasteiger charge is 2.18. The van der Waals surface area contributed by atoms with Crippen LogP contribution < -0.4 is 20.7 Å². The van der Waals surface area contributed by atoms with E-state index in [1.54, 1.807) is 30.6 Å². The average molecular weight is 1550 g/mol. The Morgan fingerprint density at radius 3 is 1.39 bits per heavy atom. The van der Waals surface area contributed by atoms with Gasteiger partial charge in [0.1, 0.15) is 17.0 Å². The fourth-order valence-electron chi connectivity index (χ4n) is 7.49. The number of rotatable bonds is 10. The van der Waals surface area contributed by atoms with E-state index >= 15 is 0 Å². The molecule has 0 saturated carbocycles. The summed E-state index contributed by atoms with van der Waals surface area (Å²) in [5, 5.41) is 15.3. The van der Waals surface area contributed by atoms with Crippen LogP contribution in [0.2, 0.25) is 0 Å². The van der Waals surface area contributed by atoms with Crippen LogP contribution in [0.15, 0.2) is 190 Å². The molecule has 0 unspecified atom stereocenters. The average Bonchev–Trinajstić information content (AvgIpc) is 1.61. The highest BCUT2D eigenvalue weighted by molar-refractivity contribution is 9.93. The Balaban J connectivity index is -0.000000544. The van der Waals surface area contributed by atoms with Gasteiger partial charge in [-0.1, -0.05) is 207 Å². The molecule has 501 valence electrons. The summed E-state index contributed by atoms with van der Waals surface area (Å²) in [7, 11) is 0.662. The maximum atomic E-state index is 12.6. The van der Waals surface area contributed by atoms with E-state index in [-0.39, 0.29) is 29.8 Å². The molecular formula is C70H80BBr4N10O10. The maximum Gasteiger partial charge on any atom is 0.569 e. The Morgan fingerprint density at radius 2 is 0.989 bits per heavy atom. The van der Waals surface area contributed by atoms with E-state index in [1.807, 2.05) is 234 Å². The van der Waals surface area contributed by atoms with E-state index in [0.29, 0.717) is 35.7 Å². The zero-order chi connectivity index (χ0) is 72.9. The van der Waals surface area contributed by atoms with Crippen molar-refractivity contribution in [3.63, 3.8) is 0 Å².